The van der Waals surface area contributed by atoms with Crippen LogP contribution in [0.15, 0.2) is 29.5 Å². The first-order chi connectivity index (χ1) is 11.8. The summed E-state index contributed by atoms with van der Waals surface area (Å²) in [5.41, 5.74) is 0.694. The molecule has 0 aromatic carbocycles. The molecule has 1 amide bonds. The predicted molar refractivity (Wildman–Crippen MR) is 113 cm³/mol. The molecule has 1 fully saturated rings. The maximum atomic E-state index is 11.9. The fourth-order valence-corrected chi connectivity index (χ4v) is 3.09. The van der Waals surface area contributed by atoms with Crippen molar-refractivity contribution in [2.24, 2.45) is 10.9 Å². The monoisotopic (exact) mass is 459 g/mol. The summed E-state index contributed by atoms with van der Waals surface area (Å²) in [7, 11) is 1.72. The molecule has 1 aliphatic rings. The van der Waals surface area contributed by atoms with E-state index in [-0.39, 0.29) is 36.4 Å². The van der Waals surface area contributed by atoms with E-state index >= 15 is 0 Å². The molecule has 1 aromatic rings. The van der Waals surface area contributed by atoms with E-state index in [9.17, 15) is 4.79 Å². The fourth-order valence-electron chi connectivity index (χ4n) is 3.09. The minimum Gasteiger partial charge on any atom is -0.356 e. The van der Waals surface area contributed by atoms with Crippen LogP contribution in [0.5, 0.6) is 0 Å². The highest BCUT2D eigenvalue weighted by Gasteiger charge is 2.13. The van der Waals surface area contributed by atoms with Crippen LogP contribution in [0.3, 0.4) is 0 Å². The molecule has 2 rings (SSSR count). The van der Waals surface area contributed by atoms with Gasteiger partial charge in [0.05, 0.1) is 18.4 Å². The normalized spacial score (nSPS) is 14.7. The van der Waals surface area contributed by atoms with Crippen molar-refractivity contribution in [3.63, 3.8) is 0 Å². The number of rotatable bonds is 8. The van der Waals surface area contributed by atoms with Crippen molar-refractivity contribution in [3.8, 4) is 0 Å². The van der Waals surface area contributed by atoms with Crippen LogP contribution in [0, 0.1) is 5.92 Å². The number of halogens is 1. The molecule has 0 atom stereocenters. The number of anilines is 1. The molecule has 1 aromatic heterocycles. The molecule has 1 heterocycles. The Labute approximate surface area is 167 Å². The van der Waals surface area contributed by atoms with Gasteiger partial charge in [-0.3, -0.25) is 14.8 Å². The number of pyridine rings is 1. The smallest absolute Gasteiger partial charge is 0.243 e. The highest BCUT2D eigenvalue weighted by Crippen LogP contribution is 2.28. The summed E-state index contributed by atoms with van der Waals surface area (Å²) in [6, 6.07) is 3.59. The van der Waals surface area contributed by atoms with Crippen molar-refractivity contribution in [2.75, 3.05) is 25.5 Å². The summed E-state index contributed by atoms with van der Waals surface area (Å²) in [4.78, 5) is 20.0. The number of amides is 1. The number of nitrogens with zero attached hydrogens (tertiary/aromatic N) is 2. The Hall–Kier alpha value is -1.38. The number of unbranched alkanes of at least 4 members (excludes halogenated alkanes) is 1. The Morgan fingerprint density at radius 3 is 2.76 bits per heavy atom. The van der Waals surface area contributed by atoms with Crippen LogP contribution in [-0.2, 0) is 4.79 Å². The molecule has 6 nitrogen and oxygen atoms in total. The molecule has 0 bridgehead atoms. The summed E-state index contributed by atoms with van der Waals surface area (Å²) in [6.45, 7) is 1.06. The second-order valence-corrected chi connectivity index (χ2v) is 6.29. The number of aliphatic imine (C=N–C) groups is 1. The van der Waals surface area contributed by atoms with Crippen LogP contribution < -0.4 is 16.0 Å². The zero-order valence-electron chi connectivity index (χ0n) is 15.0. The molecule has 0 saturated heterocycles. The van der Waals surface area contributed by atoms with Crippen LogP contribution in [0.1, 0.15) is 44.9 Å². The lowest BCUT2D eigenvalue weighted by Gasteiger charge is -2.12. The number of guanidine groups is 1. The molecule has 0 radical (unpaired) electrons. The minimum absolute atomic E-state index is 0. The maximum Gasteiger partial charge on any atom is 0.243 e. The fraction of sp³-hybridized carbons (Fsp3) is 0.611. The zero-order valence-corrected chi connectivity index (χ0v) is 17.3. The van der Waals surface area contributed by atoms with Gasteiger partial charge >= 0.3 is 0 Å². The van der Waals surface area contributed by atoms with E-state index in [4.69, 9.17) is 0 Å². The van der Waals surface area contributed by atoms with E-state index in [1.807, 2.05) is 6.07 Å². The topological polar surface area (TPSA) is 78.4 Å². The first kappa shape index (κ1) is 21.7. The number of hydrogen-bond acceptors (Lipinski definition) is 3. The van der Waals surface area contributed by atoms with E-state index in [2.05, 4.69) is 25.9 Å². The number of carbonyl (C=O) groups is 1. The molecule has 0 unspecified atom stereocenters. The summed E-state index contributed by atoms with van der Waals surface area (Å²) in [5, 5.41) is 9.07. The summed E-state index contributed by atoms with van der Waals surface area (Å²) < 4.78 is 0. The number of carbonyl (C=O) groups excluding carboxylic acids is 1. The van der Waals surface area contributed by atoms with Crippen molar-refractivity contribution in [1.82, 2.24) is 15.6 Å². The zero-order chi connectivity index (χ0) is 17.0. The average molecular weight is 459 g/mol. The van der Waals surface area contributed by atoms with E-state index in [1.165, 1.54) is 38.5 Å². The Morgan fingerprint density at radius 2 is 2.08 bits per heavy atom. The van der Waals surface area contributed by atoms with Gasteiger partial charge in [-0.1, -0.05) is 38.5 Å². The van der Waals surface area contributed by atoms with Crippen molar-refractivity contribution in [3.05, 3.63) is 24.5 Å². The molecule has 0 aliphatic heterocycles. The highest BCUT2D eigenvalue weighted by molar-refractivity contribution is 14.0. The van der Waals surface area contributed by atoms with E-state index in [0.717, 1.165) is 18.9 Å². The van der Waals surface area contributed by atoms with Crippen LogP contribution >= 0.6 is 24.0 Å². The number of aromatic nitrogens is 1. The third-order valence-corrected chi connectivity index (χ3v) is 4.39. The van der Waals surface area contributed by atoms with Gasteiger partial charge in [-0.15, -0.1) is 24.0 Å². The van der Waals surface area contributed by atoms with Crippen LogP contribution in [0.4, 0.5) is 5.69 Å². The number of nitrogens with one attached hydrogen (secondary N) is 3. The summed E-state index contributed by atoms with van der Waals surface area (Å²) in [6.07, 6.45) is 12.7. The molecule has 1 saturated carbocycles. The third kappa shape index (κ3) is 9.04. The second-order valence-electron chi connectivity index (χ2n) is 6.29. The average Bonchev–Trinajstić information content (AvgIpc) is 3.11. The van der Waals surface area contributed by atoms with Crippen molar-refractivity contribution in [2.45, 2.75) is 44.9 Å². The number of hydrogen-bond donors (Lipinski definition) is 3. The van der Waals surface area contributed by atoms with Crippen LogP contribution in [0.25, 0.3) is 0 Å². The molecular formula is C18H30IN5O. The molecular weight excluding hydrogens is 429 g/mol. The summed E-state index contributed by atoms with van der Waals surface area (Å²) in [5.74, 6) is 1.50. The second kappa shape index (κ2) is 12.9. The van der Waals surface area contributed by atoms with Gasteiger partial charge < -0.3 is 16.0 Å². The van der Waals surface area contributed by atoms with Crippen molar-refractivity contribution >= 4 is 41.5 Å². The molecule has 1 aliphatic carbocycles. The molecule has 3 N–H and O–H groups in total. The Morgan fingerprint density at radius 1 is 1.28 bits per heavy atom. The predicted octanol–water partition coefficient (Wildman–Crippen LogP) is 3.16. The van der Waals surface area contributed by atoms with E-state index in [1.54, 1.807) is 25.5 Å². The largest absolute Gasteiger partial charge is 0.356 e. The lowest BCUT2D eigenvalue weighted by molar-refractivity contribution is -0.115. The van der Waals surface area contributed by atoms with Gasteiger partial charge in [-0.25, -0.2) is 0 Å². The van der Waals surface area contributed by atoms with Crippen molar-refractivity contribution in [1.29, 1.82) is 0 Å². The van der Waals surface area contributed by atoms with Crippen LogP contribution in [0.2, 0.25) is 0 Å². The molecule has 7 heteroatoms. The first-order valence-electron chi connectivity index (χ1n) is 8.92. The van der Waals surface area contributed by atoms with Gasteiger partial charge in [0, 0.05) is 19.8 Å². The van der Waals surface area contributed by atoms with Gasteiger partial charge in [0.25, 0.3) is 0 Å². The first-order valence-corrected chi connectivity index (χ1v) is 8.92. The lowest BCUT2D eigenvalue weighted by Crippen LogP contribution is -2.41. The van der Waals surface area contributed by atoms with Gasteiger partial charge in [-0.05, 0) is 24.5 Å². The van der Waals surface area contributed by atoms with Crippen molar-refractivity contribution < 1.29 is 4.79 Å². The summed E-state index contributed by atoms with van der Waals surface area (Å²) >= 11 is 0. The van der Waals surface area contributed by atoms with E-state index < -0.39 is 0 Å². The maximum absolute atomic E-state index is 11.9. The Kier molecular flexibility index (Phi) is 11.2. The lowest BCUT2D eigenvalue weighted by atomic mass is 10.0. The minimum atomic E-state index is -0.118. The Bertz CT molecular complexity index is 517. The van der Waals surface area contributed by atoms with Crippen LogP contribution in [-0.4, -0.2) is 37.0 Å². The SMILES string of the molecule is CN=C(NCCCCC1CCCC1)NCC(=O)Nc1cccnc1.I. The Balaban J connectivity index is 0.00000312. The van der Waals surface area contributed by atoms with Gasteiger partial charge in [0.2, 0.25) is 5.91 Å². The van der Waals surface area contributed by atoms with Gasteiger partial charge in [0.1, 0.15) is 0 Å². The quantitative estimate of drug-likeness (QED) is 0.242. The highest BCUT2D eigenvalue weighted by atomic mass is 127. The third-order valence-electron chi connectivity index (χ3n) is 4.39. The molecule has 25 heavy (non-hydrogen) atoms. The molecule has 0 spiro atoms. The van der Waals surface area contributed by atoms with Gasteiger partial charge in [-0.2, -0.15) is 0 Å². The standard InChI is InChI=1S/C18H29N5O.HI/c1-19-18(21-12-5-4-9-15-7-2-3-8-15)22-14-17(24)23-16-10-6-11-20-13-16;/h6,10-11,13,15H,2-5,7-9,12,14H2,1H3,(H,23,24)(H2,19,21,22);1H. The molecule has 140 valence electrons. The van der Waals surface area contributed by atoms with Gasteiger partial charge in [0.15, 0.2) is 5.96 Å². The van der Waals surface area contributed by atoms with E-state index in [0.29, 0.717) is 11.6 Å².